The Balaban J connectivity index is 1.73. The fourth-order valence-electron chi connectivity index (χ4n) is 4.36. The number of hydrogen-bond donors (Lipinski definition) is 1. The van der Waals surface area contributed by atoms with Crippen molar-refractivity contribution in [2.75, 3.05) is 0 Å². The lowest BCUT2D eigenvalue weighted by Crippen LogP contribution is -2.37. The van der Waals surface area contributed by atoms with Gasteiger partial charge in [-0.05, 0) is 30.3 Å². The molecule has 3 aromatic heterocycles. The second kappa shape index (κ2) is 8.47. The summed E-state index contributed by atoms with van der Waals surface area (Å²) in [6.45, 7) is 0. The minimum Gasteiger partial charge on any atom is -0.304 e. The van der Waals surface area contributed by atoms with Crippen LogP contribution in [0.1, 0.15) is 5.56 Å². The van der Waals surface area contributed by atoms with E-state index in [1.807, 2.05) is 0 Å². The number of halogens is 4. The molecule has 0 saturated heterocycles. The molecule has 38 heavy (non-hydrogen) atoms. The van der Waals surface area contributed by atoms with E-state index in [2.05, 4.69) is 20.3 Å². The number of H-pyrrole nitrogens is 1. The molecule has 3 heterocycles. The minimum atomic E-state index is -5.01. The number of rotatable bonds is 3. The summed E-state index contributed by atoms with van der Waals surface area (Å²) < 4.78 is 56.5. The summed E-state index contributed by atoms with van der Waals surface area (Å²) >= 11 is 0. The first kappa shape index (κ1) is 23.3. The zero-order valence-corrected chi connectivity index (χ0v) is 19.1. The van der Waals surface area contributed by atoms with Crippen LogP contribution in [0.25, 0.3) is 44.4 Å². The van der Waals surface area contributed by atoms with Crippen LogP contribution in [-0.4, -0.2) is 29.5 Å². The highest BCUT2D eigenvalue weighted by Gasteiger charge is 2.35. The molecule has 0 amide bonds. The summed E-state index contributed by atoms with van der Waals surface area (Å²) in [5.74, 6) is -1.49. The molecule has 1 N–H and O–H groups in total. The molecule has 8 nitrogen and oxygen atoms in total. The average molecular weight is 518 g/mol. The average Bonchev–Trinajstić information content (AvgIpc) is 3.32. The second-order valence-corrected chi connectivity index (χ2v) is 8.36. The van der Waals surface area contributed by atoms with Crippen molar-refractivity contribution in [1.82, 2.24) is 29.5 Å². The van der Waals surface area contributed by atoms with Crippen molar-refractivity contribution in [1.29, 1.82) is 0 Å². The van der Waals surface area contributed by atoms with E-state index in [9.17, 15) is 27.2 Å². The summed E-state index contributed by atoms with van der Waals surface area (Å²) in [5, 5.41) is 9.28. The topological polar surface area (TPSA) is 98.5 Å². The monoisotopic (exact) mass is 518 g/mol. The maximum atomic E-state index is 14.1. The first-order chi connectivity index (χ1) is 18.2. The molecule has 0 aliphatic carbocycles. The molecule has 6 aromatic rings. The van der Waals surface area contributed by atoms with E-state index >= 15 is 0 Å². The molecule has 0 unspecified atom stereocenters. The molecule has 0 spiro atoms. The smallest absolute Gasteiger partial charge is 0.304 e. The van der Waals surface area contributed by atoms with Gasteiger partial charge in [-0.25, -0.2) is 18.4 Å². The highest BCUT2D eigenvalue weighted by atomic mass is 19.4. The molecule has 3 aromatic carbocycles. The Kier molecular flexibility index (Phi) is 5.19. The maximum Gasteiger partial charge on any atom is 0.419 e. The number of nitrogens with one attached hydrogen (secondary N) is 1. The van der Waals surface area contributed by atoms with E-state index in [1.54, 1.807) is 54.7 Å². The van der Waals surface area contributed by atoms with Gasteiger partial charge in [0.1, 0.15) is 11.3 Å². The third-order valence-electron chi connectivity index (χ3n) is 6.09. The molecular formula is C26H14F4N6O2. The largest absolute Gasteiger partial charge is 0.419 e. The molecule has 0 aliphatic rings. The lowest BCUT2D eigenvalue weighted by Gasteiger charge is -2.15. The van der Waals surface area contributed by atoms with Gasteiger partial charge in [-0.3, -0.25) is 9.78 Å². The molecule has 0 aliphatic heterocycles. The van der Waals surface area contributed by atoms with Gasteiger partial charge in [0.15, 0.2) is 5.69 Å². The third kappa shape index (κ3) is 3.65. The molecule has 188 valence electrons. The Morgan fingerprint density at radius 3 is 2.47 bits per heavy atom. The van der Waals surface area contributed by atoms with Crippen molar-refractivity contribution in [2.24, 2.45) is 0 Å². The Hall–Kier alpha value is -5.13. The van der Waals surface area contributed by atoms with Crippen molar-refractivity contribution >= 4 is 21.8 Å². The van der Waals surface area contributed by atoms with Crippen LogP contribution in [0.15, 0.2) is 88.7 Å². The summed E-state index contributed by atoms with van der Waals surface area (Å²) in [4.78, 5) is 34.0. The SMILES string of the molecule is O=c1[nH]c(-c2ccc(F)c(C(F)(F)F)c2)c(-n2nnc3ccccc32)c(=O)n1-c1cncc2ccccc12. The fraction of sp³-hybridized carbons (Fsp3) is 0.0385. The molecular weight excluding hydrogens is 504 g/mol. The normalized spacial score (nSPS) is 11.9. The predicted molar refractivity (Wildman–Crippen MR) is 131 cm³/mol. The van der Waals surface area contributed by atoms with Gasteiger partial charge in [-0.15, -0.1) is 5.10 Å². The van der Waals surface area contributed by atoms with Crippen molar-refractivity contribution in [3.05, 3.63) is 111 Å². The van der Waals surface area contributed by atoms with Crippen LogP contribution < -0.4 is 11.2 Å². The lowest BCUT2D eigenvalue weighted by atomic mass is 10.1. The number of aromatic amines is 1. The first-order valence-corrected chi connectivity index (χ1v) is 11.1. The summed E-state index contributed by atoms with van der Waals surface area (Å²) in [6.07, 6.45) is -2.11. The molecule has 0 fully saturated rings. The van der Waals surface area contributed by atoms with Crippen molar-refractivity contribution < 1.29 is 17.6 Å². The minimum absolute atomic E-state index is 0.154. The molecule has 0 atom stereocenters. The van der Waals surface area contributed by atoms with Gasteiger partial charge < -0.3 is 4.98 Å². The van der Waals surface area contributed by atoms with Crippen molar-refractivity contribution in [2.45, 2.75) is 6.18 Å². The Morgan fingerprint density at radius 2 is 1.66 bits per heavy atom. The van der Waals surface area contributed by atoms with Crippen LogP contribution in [0, 0.1) is 5.82 Å². The molecule has 0 radical (unpaired) electrons. The van der Waals surface area contributed by atoms with E-state index in [0.717, 1.165) is 15.3 Å². The van der Waals surface area contributed by atoms with Gasteiger partial charge in [0.25, 0.3) is 5.56 Å². The Bertz CT molecular complexity index is 1990. The van der Waals surface area contributed by atoms with E-state index < -0.39 is 28.8 Å². The number of alkyl halides is 3. The maximum absolute atomic E-state index is 14.1. The standard InChI is InChI=1S/C26H14F4N6O2/c27-18-10-9-14(11-17(18)26(28,29)30)22-23(36-20-8-4-3-7-19(20)33-34-36)24(37)35(25(38)32-22)21-13-31-12-15-5-1-2-6-16(15)21/h1-13H,(H,32,38). The van der Waals surface area contributed by atoms with Gasteiger partial charge in [-0.2, -0.15) is 13.2 Å². The van der Waals surface area contributed by atoms with Gasteiger partial charge in [-0.1, -0.05) is 41.6 Å². The quantitative estimate of drug-likeness (QED) is 0.345. The van der Waals surface area contributed by atoms with Crippen LogP contribution in [0.3, 0.4) is 0 Å². The highest BCUT2D eigenvalue weighted by Crippen LogP contribution is 2.35. The third-order valence-corrected chi connectivity index (χ3v) is 6.09. The highest BCUT2D eigenvalue weighted by molar-refractivity contribution is 5.89. The van der Waals surface area contributed by atoms with Gasteiger partial charge in [0, 0.05) is 22.5 Å². The zero-order chi connectivity index (χ0) is 26.6. The van der Waals surface area contributed by atoms with E-state index in [1.165, 1.54) is 6.20 Å². The van der Waals surface area contributed by atoms with Crippen LogP contribution in [0.4, 0.5) is 17.6 Å². The van der Waals surface area contributed by atoms with Crippen LogP contribution in [0.2, 0.25) is 0 Å². The number of nitrogens with zero attached hydrogens (tertiary/aromatic N) is 5. The molecule has 0 saturated carbocycles. The van der Waals surface area contributed by atoms with Gasteiger partial charge >= 0.3 is 11.9 Å². The van der Waals surface area contributed by atoms with Crippen LogP contribution >= 0.6 is 0 Å². The number of pyridine rings is 1. The van der Waals surface area contributed by atoms with Gasteiger partial charge in [0.05, 0.1) is 28.7 Å². The first-order valence-electron chi connectivity index (χ1n) is 11.1. The van der Waals surface area contributed by atoms with Crippen molar-refractivity contribution in [3.63, 3.8) is 0 Å². The number of hydrogen-bond acceptors (Lipinski definition) is 5. The lowest BCUT2D eigenvalue weighted by molar-refractivity contribution is -0.139. The summed E-state index contributed by atoms with van der Waals surface area (Å²) in [6, 6.07) is 15.8. The van der Waals surface area contributed by atoms with E-state index in [4.69, 9.17) is 0 Å². The summed E-state index contributed by atoms with van der Waals surface area (Å²) in [5.41, 5.74) is -3.28. The van der Waals surface area contributed by atoms with Gasteiger partial charge in [0.2, 0.25) is 0 Å². The summed E-state index contributed by atoms with van der Waals surface area (Å²) in [7, 11) is 0. The number of fused-ring (bicyclic) bond motifs is 2. The van der Waals surface area contributed by atoms with Crippen LogP contribution in [0.5, 0.6) is 0 Å². The van der Waals surface area contributed by atoms with Crippen molar-refractivity contribution in [3.8, 4) is 22.6 Å². The Labute approximate surface area is 209 Å². The van der Waals surface area contributed by atoms with E-state index in [0.29, 0.717) is 33.9 Å². The number of benzene rings is 3. The van der Waals surface area contributed by atoms with E-state index in [-0.39, 0.29) is 22.6 Å². The predicted octanol–water partition coefficient (Wildman–Crippen LogP) is 4.63. The molecule has 6 rings (SSSR count). The van der Waals surface area contributed by atoms with Crippen LogP contribution in [-0.2, 0) is 6.18 Å². The number of para-hydroxylation sites is 1. The Morgan fingerprint density at radius 1 is 0.895 bits per heavy atom. The number of aromatic nitrogens is 6. The molecule has 0 bridgehead atoms. The zero-order valence-electron chi connectivity index (χ0n) is 19.1. The second-order valence-electron chi connectivity index (χ2n) is 8.36. The molecule has 12 heteroatoms. The fourth-order valence-corrected chi connectivity index (χ4v) is 4.36.